The topological polar surface area (TPSA) is 85.5 Å². The van der Waals surface area contributed by atoms with Crippen molar-refractivity contribution in [3.63, 3.8) is 0 Å². The minimum Gasteiger partial charge on any atom is -0.493 e. The molecule has 0 unspecified atom stereocenters. The van der Waals surface area contributed by atoms with Gasteiger partial charge in [-0.25, -0.2) is 9.37 Å². The molecule has 0 amide bonds. The summed E-state index contributed by atoms with van der Waals surface area (Å²) in [5.41, 5.74) is 8.00. The molecule has 7 nitrogen and oxygen atoms in total. The standard InChI is InChI=1S/C22H26FN5O2/c1-29-19-11-17-18(12-20(19)30-2)26-22(27-21(17)24)25-16-7-9-28(10-8-16)13-14-3-5-15(23)6-4-14/h3-6,11-12,16H,7-10,13H2,1-2H3,(H3,24,25,26,27). The highest BCUT2D eigenvalue weighted by Crippen LogP contribution is 2.33. The first-order valence-corrected chi connectivity index (χ1v) is 9.98. The number of fused-ring (bicyclic) bond motifs is 1. The molecule has 2 heterocycles. The monoisotopic (exact) mass is 411 g/mol. The SMILES string of the molecule is COc1cc2nc(NC3CCN(Cc4ccc(F)cc4)CC3)nc(N)c2cc1OC. The Morgan fingerprint density at radius 2 is 1.73 bits per heavy atom. The lowest BCUT2D eigenvalue weighted by molar-refractivity contribution is 0.211. The van der Waals surface area contributed by atoms with E-state index in [0.717, 1.165) is 43.4 Å². The highest BCUT2D eigenvalue weighted by atomic mass is 19.1. The van der Waals surface area contributed by atoms with Crippen molar-refractivity contribution in [3.05, 3.63) is 47.8 Å². The number of methoxy groups -OCH3 is 2. The molecule has 1 aromatic heterocycles. The maximum atomic E-state index is 13.1. The van der Waals surface area contributed by atoms with E-state index in [0.29, 0.717) is 28.8 Å². The number of halogens is 1. The number of nitrogen functional groups attached to an aromatic ring is 1. The first kappa shape index (κ1) is 20.2. The summed E-state index contributed by atoms with van der Waals surface area (Å²) in [5.74, 6) is 1.91. The number of ether oxygens (including phenoxy) is 2. The Morgan fingerprint density at radius 1 is 1.07 bits per heavy atom. The van der Waals surface area contributed by atoms with Crippen LogP contribution in [0.1, 0.15) is 18.4 Å². The smallest absolute Gasteiger partial charge is 0.225 e. The molecular formula is C22H26FN5O2. The van der Waals surface area contributed by atoms with E-state index in [1.807, 2.05) is 18.2 Å². The van der Waals surface area contributed by atoms with Gasteiger partial charge in [0.1, 0.15) is 11.6 Å². The largest absolute Gasteiger partial charge is 0.493 e. The Bertz CT molecular complexity index is 1020. The number of piperidine rings is 1. The van der Waals surface area contributed by atoms with Crippen LogP contribution in [0.5, 0.6) is 11.5 Å². The van der Waals surface area contributed by atoms with Crippen LogP contribution in [-0.2, 0) is 6.54 Å². The van der Waals surface area contributed by atoms with E-state index < -0.39 is 0 Å². The number of aromatic nitrogens is 2. The molecule has 0 saturated carbocycles. The number of anilines is 2. The first-order valence-electron chi connectivity index (χ1n) is 9.98. The van der Waals surface area contributed by atoms with Crippen molar-refractivity contribution in [3.8, 4) is 11.5 Å². The van der Waals surface area contributed by atoms with Crippen LogP contribution in [-0.4, -0.2) is 48.2 Å². The second-order valence-corrected chi connectivity index (χ2v) is 7.48. The molecule has 1 aliphatic heterocycles. The summed E-state index contributed by atoms with van der Waals surface area (Å²) in [6.45, 7) is 2.72. The van der Waals surface area contributed by atoms with E-state index in [2.05, 4.69) is 20.2 Å². The number of nitrogens with one attached hydrogen (secondary N) is 1. The Morgan fingerprint density at radius 3 is 2.40 bits per heavy atom. The number of likely N-dealkylation sites (tertiary alicyclic amines) is 1. The normalized spacial score (nSPS) is 15.3. The third kappa shape index (κ3) is 4.38. The summed E-state index contributed by atoms with van der Waals surface area (Å²) in [4.78, 5) is 11.4. The fourth-order valence-corrected chi connectivity index (χ4v) is 3.81. The number of rotatable bonds is 6. The molecule has 1 saturated heterocycles. The second-order valence-electron chi connectivity index (χ2n) is 7.48. The second kappa shape index (κ2) is 8.71. The number of nitrogens with two attached hydrogens (primary N) is 1. The quantitative estimate of drug-likeness (QED) is 0.643. The molecular weight excluding hydrogens is 385 g/mol. The zero-order valence-corrected chi connectivity index (χ0v) is 17.2. The van der Waals surface area contributed by atoms with Gasteiger partial charge in [-0.15, -0.1) is 0 Å². The summed E-state index contributed by atoms with van der Waals surface area (Å²) >= 11 is 0. The van der Waals surface area contributed by atoms with Gasteiger partial charge < -0.3 is 20.5 Å². The molecule has 8 heteroatoms. The van der Waals surface area contributed by atoms with Crippen LogP contribution in [0.2, 0.25) is 0 Å². The Hall–Kier alpha value is -3.13. The minimum absolute atomic E-state index is 0.201. The summed E-state index contributed by atoms with van der Waals surface area (Å²) in [6, 6.07) is 10.6. The van der Waals surface area contributed by atoms with Gasteiger partial charge in [0.05, 0.1) is 19.7 Å². The van der Waals surface area contributed by atoms with E-state index >= 15 is 0 Å². The van der Waals surface area contributed by atoms with Crippen molar-refractivity contribution in [2.45, 2.75) is 25.4 Å². The summed E-state index contributed by atoms with van der Waals surface area (Å²) < 4.78 is 23.8. The van der Waals surface area contributed by atoms with Crippen LogP contribution < -0.4 is 20.5 Å². The molecule has 0 aliphatic carbocycles. The highest BCUT2D eigenvalue weighted by Gasteiger charge is 2.21. The molecule has 158 valence electrons. The number of hydrogen-bond donors (Lipinski definition) is 2. The molecule has 3 N–H and O–H groups in total. The van der Waals surface area contributed by atoms with E-state index in [9.17, 15) is 4.39 Å². The average molecular weight is 411 g/mol. The van der Waals surface area contributed by atoms with Crippen molar-refractivity contribution in [1.29, 1.82) is 0 Å². The van der Waals surface area contributed by atoms with Crippen LogP contribution in [0.3, 0.4) is 0 Å². The lowest BCUT2D eigenvalue weighted by Crippen LogP contribution is -2.39. The van der Waals surface area contributed by atoms with Crippen LogP contribution in [0.15, 0.2) is 36.4 Å². The molecule has 2 aromatic carbocycles. The fraction of sp³-hybridized carbons (Fsp3) is 0.364. The maximum absolute atomic E-state index is 13.1. The number of nitrogens with zero attached hydrogens (tertiary/aromatic N) is 3. The maximum Gasteiger partial charge on any atom is 0.225 e. The highest BCUT2D eigenvalue weighted by molar-refractivity contribution is 5.91. The first-order chi connectivity index (χ1) is 14.6. The van der Waals surface area contributed by atoms with Crippen molar-refractivity contribution in [1.82, 2.24) is 14.9 Å². The third-order valence-electron chi connectivity index (χ3n) is 5.47. The van der Waals surface area contributed by atoms with Gasteiger partial charge in [-0.2, -0.15) is 4.98 Å². The van der Waals surface area contributed by atoms with Gasteiger partial charge in [-0.05, 0) is 36.6 Å². The Balaban J connectivity index is 1.41. The zero-order chi connectivity index (χ0) is 21.1. The van der Waals surface area contributed by atoms with Gasteiger partial charge in [0, 0.05) is 37.1 Å². The predicted molar refractivity (Wildman–Crippen MR) is 115 cm³/mol. The lowest BCUT2D eigenvalue weighted by Gasteiger charge is -2.32. The van der Waals surface area contributed by atoms with Crippen molar-refractivity contribution in [2.75, 3.05) is 38.4 Å². The summed E-state index contributed by atoms with van der Waals surface area (Å²) in [5, 5.41) is 4.15. The van der Waals surface area contributed by atoms with Gasteiger partial charge in [-0.1, -0.05) is 12.1 Å². The van der Waals surface area contributed by atoms with E-state index in [1.165, 1.54) is 12.1 Å². The fourth-order valence-electron chi connectivity index (χ4n) is 3.81. The van der Waals surface area contributed by atoms with Gasteiger partial charge in [0.2, 0.25) is 5.95 Å². The molecule has 0 bridgehead atoms. The van der Waals surface area contributed by atoms with Crippen molar-refractivity contribution < 1.29 is 13.9 Å². The minimum atomic E-state index is -0.201. The molecule has 0 spiro atoms. The van der Waals surface area contributed by atoms with Crippen LogP contribution in [0, 0.1) is 5.82 Å². The Labute approximate surface area is 175 Å². The van der Waals surface area contributed by atoms with Crippen molar-refractivity contribution >= 4 is 22.7 Å². The Kier molecular flexibility index (Phi) is 5.85. The van der Waals surface area contributed by atoms with Gasteiger partial charge in [0.15, 0.2) is 11.5 Å². The van der Waals surface area contributed by atoms with Gasteiger partial charge >= 0.3 is 0 Å². The molecule has 0 atom stereocenters. The molecule has 1 aliphatic rings. The van der Waals surface area contributed by atoms with Gasteiger partial charge in [-0.3, -0.25) is 4.90 Å². The number of benzene rings is 2. The van der Waals surface area contributed by atoms with Crippen LogP contribution >= 0.6 is 0 Å². The third-order valence-corrected chi connectivity index (χ3v) is 5.47. The zero-order valence-electron chi connectivity index (χ0n) is 17.2. The van der Waals surface area contributed by atoms with Crippen LogP contribution in [0.4, 0.5) is 16.2 Å². The molecule has 0 radical (unpaired) electrons. The predicted octanol–water partition coefficient (Wildman–Crippen LogP) is 3.44. The van der Waals surface area contributed by atoms with E-state index in [4.69, 9.17) is 15.2 Å². The van der Waals surface area contributed by atoms with E-state index in [1.54, 1.807) is 20.3 Å². The summed E-state index contributed by atoms with van der Waals surface area (Å²) in [6.07, 6.45) is 1.93. The van der Waals surface area contributed by atoms with Gasteiger partial charge in [0.25, 0.3) is 0 Å². The molecule has 4 rings (SSSR count). The van der Waals surface area contributed by atoms with Crippen LogP contribution in [0.25, 0.3) is 10.9 Å². The lowest BCUT2D eigenvalue weighted by atomic mass is 10.0. The average Bonchev–Trinajstić information content (AvgIpc) is 2.76. The molecule has 30 heavy (non-hydrogen) atoms. The summed E-state index contributed by atoms with van der Waals surface area (Å²) in [7, 11) is 3.17. The van der Waals surface area contributed by atoms with Crippen molar-refractivity contribution in [2.24, 2.45) is 0 Å². The number of hydrogen-bond acceptors (Lipinski definition) is 7. The molecule has 3 aromatic rings. The van der Waals surface area contributed by atoms with E-state index in [-0.39, 0.29) is 11.9 Å². The molecule has 1 fully saturated rings.